The first-order chi connectivity index (χ1) is 9.52. The van der Waals surface area contributed by atoms with Crippen molar-refractivity contribution in [1.82, 2.24) is 0 Å². The fourth-order valence-corrected chi connectivity index (χ4v) is 2.48. The van der Waals surface area contributed by atoms with Gasteiger partial charge in [-0.05, 0) is 43.5 Å². The molecule has 0 spiro atoms. The van der Waals surface area contributed by atoms with Crippen LogP contribution in [0.15, 0.2) is 36.4 Å². The number of nitrogens with one attached hydrogen (secondary N) is 1. The van der Waals surface area contributed by atoms with Crippen LogP contribution in [0.4, 0.5) is 5.69 Å². The van der Waals surface area contributed by atoms with Crippen LogP contribution in [0, 0.1) is 20.8 Å². The second-order valence-corrected chi connectivity index (χ2v) is 5.09. The van der Waals surface area contributed by atoms with Crippen LogP contribution in [-0.2, 0) is 6.54 Å². The molecule has 0 radical (unpaired) electrons. The molecule has 2 aromatic rings. The normalized spacial score (nSPS) is 10.4. The molecule has 0 saturated carbocycles. The van der Waals surface area contributed by atoms with Crippen molar-refractivity contribution in [2.24, 2.45) is 5.73 Å². The largest absolute Gasteiger partial charge is 0.326 e. The van der Waals surface area contributed by atoms with Gasteiger partial charge in [0.2, 0.25) is 0 Å². The Morgan fingerprint density at radius 2 is 1.70 bits per heavy atom. The highest BCUT2D eigenvalue weighted by atomic mass is 16.1. The molecule has 0 atom stereocenters. The van der Waals surface area contributed by atoms with Crippen molar-refractivity contribution >= 4 is 11.6 Å². The minimum absolute atomic E-state index is 0.110. The van der Waals surface area contributed by atoms with Gasteiger partial charge in [0.05, 0.1) is 0 Å². The summed E-state index contributed by atoms with van der Waals surface area (Å²) in [7, 11) is 0. The van der Waals surface area contributed by atoms with Crippen LogP contribution in [0.2, 0.25) is 0 Å². The van der Waals surface area contributed by atoms with Crippen LogP contribution in [0.1, 0.15) is 32.6 Å². The van der Waals surface area contributed by atoms with E-state index in [0.29, 0.717) is 12.1 Å². The number of aryl methyl sites for hydroxylation is 3. The summed E-state index contributed by atoms with van der Waals surface area (Å²) < 4.78 is 0. The zero-order chi connectivity index (χ0) is 14.7. The molecule has 0 aromatic heterocycles. The van der Waals surface area contributed by atoms with Gasteiger partial charge in [0.1, 0.15) is 0 Å². The summed E-state index contributed by atoms with van der Waals surface area (Å²) in [6.45, 7) is 6.42. The Balaban J connectivity index is 2.33. The Morgan fingerprint density at radius 3 is 2.30 bits per heavy atom. The summed E-state index contributed by atoms with van der Waals surface area (Å²) in [6.07, 6.45) is 0. The fraction of sp³-hybridized carbons (Fsp3) is 0.235. The number of hydrogen-bond donors (Lipinski definition) is 2. The molecule has 3 heteroatoms. The molecule has 0 aliphatic carbocycles. The lowest BCUT2D eigenvalue weighted by Gasteiger charge is -2.14. The monoisotopic (exact) mass is 268 g/mol. The Morgan fingerprint density at radius 1 is 1.10 bits per heavy atom. The van der Waals surface area contributed by atoms with Crippen LogP contribution < -0.4 is 11.1 Å². The van der Waals surface area contributed by atoms with E-state index in [9.17, 15) is 4.79 Å². The van der Waals surface area contributed by atoms with Gasteiger partial charge in [-0.1, -0.05) is 35.9 Å². The average Bonchev–Trinajstić information content (AvgIpc) is 2.42. The molecular weight excluding hydrogens is 248 g/mol. The van der Waals surface area contributed by atoms with Crippen LogP contribution in [0.25, 0.3) is 0 Å². The summed E-state index contributed by atoms with van der Waals surface area (Å²) in [5.41, 5.74) is 11.4. The van der Waals surface area contributed by atoms with Gasteiger partial charge in [-0.2, -0.15) is 0 Å². The van der Waals surface area contributed by atoms with Crippen LogP contribution in [0.5, 0.6) is 0 Å². The molecule has 0 aliphatic rings. The van der Waals surface area contributed by atoms with Gasteiger partial charge in [-0.25, -0.2) is 0 Å². The molecule has 0 heterocycles. The van der Waals surface area contributed by atoms with Gasteiger partial charge in [0, 0.05) is 17.8 Å². The van der Waals surface area contributed by atoms with Crippen molar-refractivity contribution in [2.45, 2.75) is 27.3 Å². The highest BCUT2D eigenvalue weighted by Gasteiger charge is 2.12. The summed E-state index contributed by atoms with van der Waals surface area (Å²) >= 11 is 0. The van der Waals surface area contributed by atoms with Crippen molar-refractivity contribution < 1.29 is 4.79 Å². The van der Waals surface area contributed by atoms with Gasteiger partial charge < -0.3 is 11.1 Å². The minimum Gasteiger partial charge on any atom is -0.326 e. The number of anilines is 1. The zero-order valence-electron chi connectivity index (χ0n) is 12.2. The first-order valence-electron chi connectivity index (χ1n) is 6.70. The van der Waals surface area contributed by atoms with Crippen molar-refractivity contribution in [3.63, 3.8) is 0 Å². The Kier molecular flexibility index (Phi) is 4.20. The molecule has 1 amide bonds. The highest BCUT2D eigenvalue weighted by molar-refractivity contribution is 6.06. The van der Waals surface area contributed by atoms with E-state index in [-0.39, 0.29) is 5.91 Å². The lowest BCUT2D eigenvalue weighted by Crippen LogP contribution is -2.17. The summed E-state index contributed by atoms with van der Waals surface area (Å²) in [5, 5.41) is 3.00. The number of carbonyl (C=O) groups is 1. The molecule has 2 rings (SSSR count). The molecule has 0 saturated heterocycles. The predicted octanol–water partition coefficient (Wildman–Crippen LogP) is 3.32. The quantitative estimate of drug-likeness (QED) is 0.897. The molecule has 3 N–H and O–H groups in total. The molecule has 0 fully saturated rings. The molecule has 104 valence electrons. The van der Waals surface area contributed by atoms with E-state index < -0.39 is 0 Å². The van der Waals surface area contributed by atoms with Crippen LogP contribution in [0.3, 0.4) is 0 Å². The number of amides is 1. The summed E-state index contributed by atoms with van der Waals surface area (Å²) in [4.78, 5) is 12.4. The van der Waals surface area contributed by atoms with Crippen molar-refractivity contribution in [3.8, 4) is 0 Å². The SMILES string of the molecule is Cc1cc(C)c(NC(=O)c2ccccc2CN)c(C)c1. The predicted molar refractivity (Wildman–Crippen MR) is 82.9 cm³/mol. The molecular formula is C17H20N2O. The first kappa shape index (κ1) is 14.3. The third-order valence-electron chi connectivity index (χ3n) is 3.40. The Labute approximate surface area is 119 Å². The van der Waals surface area contributed by atoms with Gasteiger partial charge in [-0.15, -0.1) is 0 Å². The lowest BCUT2D eigenvalue weighted by atomic mass is 10.0. The third-order valence-corrected chi connectivity index (χ3v) is 3.40. The Bertz CT molecular complexity index is 624. The maximum absolute atomic E-state index is 12.4. The van der Waals surface area contributed by atoms with Gasteiger partial charge in [0.15, 0.2) is 0 Å². The van der Waals surface area contributed by atoms with Crippen molar-refractivity contribution in [1.29, 1.82) is 0 Å². The number of nitrogens with two attached hydrogens (primary N) is 1. The molecule has 0 unspecified atom stereocenters. The molecule has 0 aliphatic heterocycles. The maximum atomic E-state index is 12.4. The first-order valence-corrected chi connectivity index (χ1v) is 6.70. The lowest BCUT2D eigenvalue weighted by molar-refractivity contribution is 0.102. The number of hydrogen-bond acceptors (Lipinski definition) is 2. The topological polar surface area (TPSA) is 55.1 Å². The highest BCUT2D eigenvalue weighted by Crippen LogP contribution is 2.23. The second kappa shape index (κ2) is 5.88. The van der Waals surface area contributed by atoms with E-state index in [2.05, 4.69) is 24.4 Å². The smallest absolute Gasteiger partial charge is 0.256 e. The Hall–Kier alpha value is -2.13. The van der Waals surface area contributed by atoms with Crippen LogP contribution >= 0.6 is 0 Å². The molecule has 2 aromatic carbocycles. The minimum atomic E-state index is -0.110. The summed E-state index contributed by atoms with van der Waals surface area (Å²) in [6, 6.07) is 11.6. The molecule has 20 heavy (non-hydrogen) atoms. The van der Waals surface area contributed by atoms with E-state index in [1.807, 2.05) is 32.0 Å². The van der Waals surface area contributed by atoms with Gasteiger partial charge >= 0.3 is 0 Å². The average molecular weight is 268 g/mol. The molecule has 3 nitrogen and oxygen atoms in total. The fourth-order valence-electron chi connectivity index (χ4n) is 2.48. The third kappa shape index (κ3) is 2.89. The van der Waals surface area contributed by atoms with Crippen molar-refractivity contribution in [3.05, 3.63) is 64.2 Å². The number of benzene rings is 2. The van der Waals surface area contributed by atoms with Crippen molar-refractivity contribution in [2.75, 3.05) is 5.32 Å². The summed E-state index contributed by atoms with van der Waals surface area (Å²) in [5.74, 6) is -0.110. The van der Waals surface area contributed by atoms with E-state index in [1.54, 1.807) is 6.07 Å². The van der Waals surface area contributed by atoms with E-state index in [4.69, 9.17) is 5.73 Å². The van der Waals surface area contributed by atoms with Crippen LogP contribution in [-0.4, -0.2) is 5.91 Å². The zero-order valence-corrected chi connectivity index (χ0v) is 12.2. The standard InChI is InChI=1S/C17H20N2O/c1-11-8-12(2)16(13(3)9-11)19-17(20)15-7-5-4-6-14(15)10-18/h4-9H,10,18H2,1-3H3,(H,19,20). The number of rotatable bonds is 3. The van der Waals surface area contributed by atoms with E-state index in [0.717, 1.165) is 22.4 Å². The number of carbonyl (C=O) groups excluding carboxylic acids is 1. The van der Waals surface area contributed by atoms with Gasteiger partial charge in [-0.3, -0.25) is 4.79 Å². The van der Waals surface area contributed by atoms with Gasteiger partial charge in [0.25, 0.3) is 5.91 Å². The van der Waals surface area contributed by atoms with E-state index >= 15 is 0 Å². The molecule has 0 bridgehead atoms. The maximum Gasteiger partial charge on any atom is 0.256 e. The van der Waals surface area contributed by atoms with E-state index in [1.165, 1.54) is 5.56 Å². The second-order valence-electron chi connectivity index (χ2n) is 5.09.